The van der Waals surface area contributed by atoms with E-state index in [0.29, 0.717) is 0 Å². The van der Waals surface area contributed by atoms with Gasteiger partial charge in [0, 0.05) is 0 Å². The monoisotopic (exact) mass is 608 g/mol. The number of hydrogen-bond donors (Lipinski definition) is 0. The first-order valence-electron chi connectivity index (χ1n) is 19.0. The van der Waals surface area contributed by atoms with Crippen LogP contribution in [0.2, 0.25) is 0 Å². The third-order valence-corrected chi connectivity index (χ3v) is 10.5. The quantitative estimate of drug-likeness (QED) is 0.0517. The first kappa shape index (κ1) is 32.6. The zero-order chi connectivity index (χ0) is 31.6. The maximum Gasteiger partial charge on any atom is -0.00987 e. The summed E-state index contributed by atoms with van der Waals surface area (Å²) in [5.41, 5.74) is 2.97. The van der Waals surface area contributed by atoms with Crippen molar-refractivity contribution in [2.24, 2.45) is 0 Å². The van der Waals surface area contributed by atoms with Crippen LogP contribution in [0.25, 0.3) is 53.9 Å². The van der Waals surface area contributed by atoms with Crippen LogP contribution in [0.4, 0.5) is 0 Å². The van der Waals surface area contributed by atoms with Gasteiger partial charge in [0.1, 0.15) is 0 Å². The number of benzene rings is 6. The van der Waals surface area contributed by atoms with Crippen LogP contribution in [-0.4, -0.2) is 0 Å². The molecule has 0 unspecified atom stereocenters. The van der Waals surface area contributed by atoms with Gasteiger partial charge in [0.25, 0.3) is 0 Å². The largest absolute Gasteiger partial charge is 0.0654 e. The fourth-order valence-corrected chi connectivity index (χ4v) is 7.70. The first-order chi connectivity index (χ1) is 22.7. The molecule has 46 heavy (non-hydrogen) atoms. The minimum Gasteiger partial charge on any atom is -0.0654 e. The molecule has 0 saturated carbocycles. The van der Waals surface area contributed by atoms with Gasteiger partial charge in [0.15, 0.2) is 0 Å². The molecule has 0 fully saturated rings. The van der Waals surface area contributed by atoms with E-state index >= 15 is 0 Å². The van der Waals surface area contributed by atoms with Gasteiger partial charge in [0.05, 0.1) is 0 Å². The average Bonchev–Trinajstić information content (AvgIpc) is 3.08. The smallest absolute Gasteiger partial charge is 0.00987 e. The molecule has 0 atom stereocenters. The highest BCUT2D eigenvalue weighted by Gasteiger charge is 2.09. The minimum atomic E-state index is 1.20. The third kappa shape index (κ3) is 8.12. The number of rotatable bonds is 18. The Morgan fingerprint density at radius 2 is 0.652 bits per heavy atom. The summed E-state index contributed by atoms with van der Waals surface area (Å²) >= 11 is 0. The van der Waals surface area contributed by atoms with Crippen LogP contribution in [0.15, 0.2) is 84.9 Å². The summed E-state index contributed by atoms with van der Waals surface area (Å²) in [6, 6.07) is 33.4. The first-order valence-corrected chi connectivity index (χ1v) is 19.0. The normalized spacial score (nSPS) is 12.0. The molecule has 0 nitrogen and oxygen atoms in total. The second-order valence-corrected chi connectivity index (χ2v) is 14.2. The predicted octanol–water partition coefficient (Wildman–Crippen LogP) is 14.8. The Bertz CT molecular complexity index is 1730. The summed E-state index contributed by atoms with van der Waals surface area (Å²) in [4.78, 5) is 0. The lowest BCUT2D eigenvalue weighted by molar-refractivity contribution is 0.575. The Hall–Kier alpha value is -3.38. The molecule has 0 aromatic heterocycles. The Kier molecular flexibility index (Phi) is 11.6. The molecule has 0 radical (unpaired) electrons. The van der Waals surface area contributed by atoms with Gasteiger partial charge in [-0.1, -0.05) is 164 Å². The lowest BCUT2D eigenvalue weighted by Crippen LogP contribution is -1.88. The number of unbranched alkanes of at least 4 members (excludes halogenated alkanes) is 14. The van der Waals surface area contributed by atoms with Crippen LogP contribution in [0.3, 0.4) is 0 Å². The molecular formula is C46H56. The highest BCUT2D eigenvalue weighted by molar-refractivity contribution is 6.20. The van der Waals surface area contributed by atoms with Crippen molar-refractivity contribution in [1.29, 1.82) is 0 Å². The van der Waals surface area contributed by atoms with E-state index < -0.39 is 0 Å². The lowest BCUT2D eigenvalue weighted by atomic mass is 9.92. The summed E-state index contributed by atoms with van der Waals surface area (Å²) in [6.07, 6.45) is 24.4. The summed E-state index contributed by atoms with van der Waals surface area (Å²) in [6.45, 7) is 4.59. The topological polar surface area (TPSA) is 0 Å². The molecule has 0 bridgehead atoms. The van der Waals surface area contributed by atoms with E-state index in [2.05, 4.69) is 98.8 Å². The highest BCUT2D eigenvalue weighted by Crippen LogP contribution is 2.36. The van der Waals surface area contributed by atoms with Gasteiger partial charge in [-0.05, 0) is 115 Å². The molecule has 0 N–H and O–H groups in total. The van der Waals surface area contributed by atoms with E-state index in [0.717, 1.165) is 0 Å². The molecule has 0 spiro atoms. The second kappa shape index (κ2) is 16.4. The van der Waals surface area contributed by atoms with Crippen molar-refractivity contribution >= 4 is 53.9 Å². The van der Waals surface area contributed by atoms with Crippen LogP contribution in [0.5, 0.6) is 0 Å². The van der Waals surface area contributed by atoms with Crippen molar-refractivity contribution in [3.05, 3.63) is 96.1 Å². The number of aryl methyl sites for hydroxylation is 2. The standard InChI is InChI=1S/C46H56/c1-3-5-7-9-11-13-15-17-19-35-21-23-37-33-45-39(31-41(37)29-35)25-27-44-43(45)28-26-40-32-42-30-36(22-24-38(42)34-46(40)44)20-18-16-14-12-10-8-6-4-2/h21-34H,3-20H2,1-2H3. The van der Waals surface area contributed by atoms with Crippen LogP contribution in [-0.2, 0) is 12.8 Å². The van der Waals surface area contributed by atoms with Crippen molar-refractivity contribution in [2.75, 3.05) is 0 Å². The fourth-order valence-electron chi connectivity index (χ4n) is 7.70. The van der Waals surface area contributed by atoms with E-state index in [4.69, 9.17) is 0 Å². The van der Waals surface area contributed by atoms with E-state index in [9.17, 15) is 0 Å². The van der Waals surface area contributed by atoms with Gasteiger partial charge in [-0.3, -0.25) is 0 Å². The van der Waals surface area contributed by atoms with Crippen molar-refractivity contribution in [1.82, 2.24) is 0 Å². The Balaban J connectivity index is 1.15. The molecular weight excluding hydrogens is 553 g/mol. The Morgan fingerprint density at radius 3 is 1.07 bits per heavy atom. The Morgan fingerprint density at radius 1 is 0.283 bits per heavy atom. The van der Waals surface area contributed by atoms with Crippen LogP contribution >= 0.6 is 0 Å². The molecule has 6 aromatic carbocycles. The van der Waals surface area contributed by atoms with E-state index in [1.165, 1.54) is 181 Å². The van der Waals surface area contributed by atoms with Gasteiger partial charge >= 0.3 is 0 Å². The van der Waals surface area contributed by atoms with Crippen molar-refractivity contribution < 1.29 is 0 Å². The summed E-state index contributed by atoms with van der Waals surface area (Å²) in [5, 5.41) is 13.6. The molecule has 0 aliphatic heterocycles. The fraction of sp³-hybridized carbons (Fsp3) is 0.435. The van der Waals surface area contributed by atoms with Crippen molar-refractivity contribution in [3.8, 4) is 0 Å². The third-order valence-electron chi connectivity index (χ3n) is 10.5. The zero-order valence-electron chi connectivity index (χ0n) is 28.8. The maximum atomic E-state index is 2.44. The van der Waals surface area contributed by atoms with Crippen molar-refractivity contribution in [2.45, 2.75) is 129 Å². The molecule has 240 valence electrons. The maximum absolute atomic E-state index is 2.44. The summed E-state index contributed by atoms with van der Waals surface area (Å²) in [5.74, 6) is 0. The number of fused-ring (bicyclic) bond motifs is 7. The molecule has 0 saturated heterocycles. The van der Waals surface area contributed by atoms with Crippen LogP contribution in [0, 0.1) is 0 Å². The molecule has 0 amide bonds. The van der Waals surface area contributed by atoms with E-state index in [1.54, 1.807) is 0 Å². The van der Waals surface area contributed by atoms with Gasteiger partial charge in [-0.2, -0.15) is 0 Å². The SMILES string of the molecule is CCCCCCCCCCc1ccc2cc3c(ccc4c5cc6ccc(CCCCCCCCCC)cc6cc5ccc34)cc2c1. The van der Waals surface area contributed by atoms with Gasteiger partial charge in [-0.15, -0.1) is 0 Å². The molecule has 0 heterocycles. The molecule has 6 rings (SSSR count). The minimum absolute atomic E-state index is 1.20. The average molecular weight is 609 g/mol. The lowest BCUT2D eigenvalue weighted by Gasteiger charge is -2.12. The van der Waals surface area contributed by atoms with Crippen LogP contribution in [0.1, 0.15) is 128 Å². The van der Waals surface area contributed by atoms with Crippen LogP contribution < -0.4 is 0 Å². The van der Waals surface area contributed by atoms with Gasteiger partial charge in [-0.25, -0.2) is 0 Å². The zero-order valence-corrected chi connectivity index (χ0v) is 28.8. The van der Waals surface area contributed by atoms with E-state index in [1.807, 2.05) is 0 Å². The molecule has 0 aliphatic rings. The highest BCUT2D eigenvalue weighted by atomic mass is 14.1. The summed E-state index contributed by atoms with van der Waals surface area (Å²) < 4.78 is 0. The van der Waals surface area contributed by atoms with E-state index in [-0.39, 0.29) is 0 Å². The van der Waals surface area contributed by atoms with Crippen molar-refractivity contribution in [3.63, 3.8) is 0 Å². The molecule has 6 aromatic rings. The summed E-state index contributed by atoms with van der Waals surface area (Å²) in [7, 11) is 0. The second-order valence-electron chi connectivity index (χ2n) is 14.2. The molecule has 0 aliphatic carbocycles. The van der Waals surface area contributed by atoms with Gasteiger partial charge < -0.3 is 0 Å². The predicted molar refractivity (Wildman–Crippen MR) is 207 cm³/mol. The number of hydrogen-bond acceptors (Lipinski definition) is 0. The molecule has 0 heteroatoms. The van der Waals surface area contributed by atoms with Gasteiger partial charge in [0.2, 0.25) is 0 Å². The Labute approximate surface area is 278 Å².